The van der Waals surface area contributed by atoms with Crippen LogP contribution in [0, 0.1) is 5.82 Å². The SMILES string of the molecule is COc1ccc(OC)c(S(=O)(=O)N2CCc3noc(-c4ccc(F)cc4)c3C2)c1. The van der Waals surface area contributed by atoms with Gasteiger partial charge in [-0.2, -0.15) is 4.31 Å². The Kier molecular flexibility index (Phi) is 5.01. The maximum Gasteiger partial charge on any atom is 0.247 e. The van der Waals surface area contributed by atoms with Crippen LogP contribution in [-0.2, 0) is 23.0 Å². The van der Waals surface area contributed by atoms with E-state index in [1.54, 1.807) is 24.3 Å². The summed E-state index contributed by atoms with van der Waals surface area (Å²) in [4.78, 5) is 0.0302. The summed E-state index contributed by atoms with van der Waals surface area (Å²) in [5.74, 6) is 0.730. The van der Waals surface area contributed by atoms with Crippen LogP contribution >= 0.6 is 0 Å². The summed E-state index contributed by atoms with van der Waals surface area (Å²) in [6.07, 6.45) is 0.408. The van der Waals surface area contributed by atoms with Crippen molar-refractivity contribution in [1.82, 2.24) is 9.46 Å². The number of halogens is 1. The number of ether oxygens (including phenoxy) is 2. The standard InChI is InChI=1S/C20H19FN2O5S/c1-26-15-7-8-18(27-2)19(11-15)29(24,25)23-10-9-17-16(12-23)20(28-22-17)13-3-5-14(21)6-4-13/h3-8,11H,9-10,12H2,1-2H3. The van der Waals surface area contributed by atoms with Crippen molar-refractivity contribution in [3.63, 3.8) is 0 Å². The fourth-order valence-corrected chi connectivity index (χ4v) is 4.93. The summed E-state index contributed by atoms with van der Waals surface area (Å²) >= 11 is 0. The van der Waals surface area contributed by atoms with Gasteiger partial charge in [-0.25, -0.2) is 12.8 Å². The van der Waals surface area contributed by atoms with Crippen LogP contribution < -0.4 is 9.47 Å². The maximum absolute atomic E-state index is 13.3. The van der Waals surface area contributed by atoms with Crippen molar-refractivity contribution in [1.29, 1.82) is 0 Å². The molecule has 0 saturated heterocycles. The van der Waals surface area contributed by atoms with Crippen LogP contribution in [-0.4, -0.2) is 38.6 Å². The average molecular weight is 418 g/mol. The van der Waals surface area contributed by atoms with Gasteiger partial charge in [0.1, 0.15) is 22.2 Å². The molecule has 9 heteroatoms. The molecule has 0 bridgehead atoms. The van der Waals surface area contributed by atoms with Crippen LogP contribution in [0.4, 0.5) is 4.39 Å². The highest BCUT2D eigenvalue weighted by Crippen LogP contribution is 2.35. The highest BCUT2D eigenvalue weighted by molar-refractivity contribution is 7.89. The number of hydrogen-bond donors (Lipinski definition) is 0. The normalized spacial score (nSPS) is 14.4. The predicted octanol–water partition coefficient (Wildman–Crippen LogP) is 3.24. The molecule has 2 heterocycles. The number of nitrogens with zero attached hydrogens (tertiary/aromatic N) is 2. The Balaban J connectivity index is 1.71. The monoisotopic (exact) mass is 418 g/mol. The molecular weight excluding hydrogens is 399 g/mol. The lowest BCUT2D eigenvalue weighted by atomic mass is 10.0. The van der Waals surface area contributed by atoms with Gasteiger partial charge in [0.05, 0.1) is 19.9 Å². The lowest BCUT2D eigenvalue weighted by Crippen LogP contribution is -2.36. The Morgan fingerprint density at radius 2 is 1.86 bits per heavy atom. The van der Waals surface area contributed by atoms with E-state index in [4.69, 9.17) is 14.0 Å². The molecule has 1 aromatic heterocycles. The number of sulfonamides is 1. The van der Waals surface area contributed by atoms with Gasteiger partial charge in [-0.1, -0.05) is 5.16 Å². The van der Waals surface area contributed by atoms with Crippen LogP contribution in [0.15, 0.2) is 51.9 Å². The molecule has 0 radical (unpaired) electrons. The Morgan fingerprint density at radius 3 is 2.55 bits per heavy atom. The molecule has 0 amide bonds. The quantitative estimate of drug-likeness (QED) is 0.633. The zero-order chi connectivity index (χ0) is 20.6. The van der Waals surface area contributed by atoms with Crippen molar-refractivity contribution in [3.05, 3.63) is 59.5 Å². The van der Waals surface area contributed by atoms with E-state index in [1.807, 2.05) is 0 Å². The van der Waals surface area contributed by atoms with Gasteiger partial charge in [0.2, 0.25) is 10.0 Å². The van der Waals surface area contributed by atoms with Crippen molar-refractivity contribution in [3.8, 4) is 22.8 Å². The van der Waals surface area contributed by atoms with Crippen LogP contribution in [0.3, 0.4) is 0 Å². The number of hydrogen-bond acceptors (Lipinski definition) is 6. The van der Waals surface area contributed by atoms with E-state index in [0.717, 1.165) is 0 Å². The molecule has 1 aliphatic rings. The van der Waals surface area contributed by atoms with Crippen molar-refractivity contribution < 1.29 is 26.8 Å². The fourth-order valence-electron chi connectivity index (χ4n) is 3.35. The molecule has 0 spiro atoms. The molecule has 0 atom stereocenters. The number of aromatic nitrogens is 1. The molecule has 0 saturated carbocycles. The molecule has 29 heavy (non-hydrogen) atoms. The third-order valence-electron chi connectivity index (χ3n) is 4.90. The first-order valence-electron chi connectivity index (χ1n) is 8.89. The molecule has 1 aliphatic heterocycles. The highest BCUT2D eigenvalue weighted by atomic mass is 32.2. The lowest BCUT2D eigenvalue weighted by molar-refractivity contribution is 0.371. The van der Waals surface area contributed by atoms with E-state index < -0.39 is 10.0 Å². The summed E-state index contributed by atoms with van der Waals surface area (Å²) in [6, 6.07) is 10.4. The van der Waals surface area contributed by atoms with Crippen LogP contribution in [0.5, 0.6) is 11.5 Å². The van der Waals surface area contributed by atoms with Crippen LogP contribution in [0.25, 0.3) is 11.3 Å². The number of rotatable bonds is 5. The average Bonchev–Trinajstić information content (AvgIpc) is 3.17. The minimum atomic E-state index is -3.86. The van der Waals surface area contributed by atoms with Gasteiger partial charge in [0.15, 0.2) is 5.76 Å². The maximum atomic E-state index is 13.3. The summed E-state index contributed by atoms with van der Waals surface area (Å²) < 4.78 is 57.2. The topological polar surface area (TPSA) is 81.9 Å². The van der Waals surface area contributed by atoms with Crippen molar-refractivity contribution in [2.45, 2.75) is 17.9 Å². The van der Waals surface area contributed by atoms with Gasteiger partial charge >= 0.3 is 0 Å². The van der Waals surface area contributed by atoms with Crippen LogP contribution in [0.2, 0.25) is 0 Å². The van der Waals surface area contributed by atoms with Gasteiger partial charge in [0, 0.05) is 36.7 Å². The second-order valence-electron chi connectivity index (χ2n) is 6.55. The van der Waals surface area contributed by atoms with E-state index >= 15 is 0 Å². The molecule has 2 aromatic carbocycles. The van der Waals surface area contributed by atoms with Crippen LogP contribution in [0.1, 0.15) is 11.3 Å². The molecule has 0 N–H and O–H groups in total. The van der Waals surface area contributed by atoms with E-state index in [-0.39, 0.29) is 29.6 Å². The predicted molar refractivity (Wildman–Crippen MR) is 103 cm³/mol. The smallest absolute Gasteiger partial charge is 0.247 e. The lowest BCUT2D eigenvalue weighted by Gasteiger charge is -2.26. The first-order valence-corrected chi connectivity index (χ1v) is 10.3. The van der Waals surface area contributed by atoms with Gasteiger partial charge in [-0.05, 0) is 36.4 Å². The largest absolute Gasteiger partial charge is 0.497 e. The zero-order valence-corrected chi connectivity index (χ0v) is 16.7. The molecule has 7 nitrogen and oxygen atoms in total. The molecular formula is C20H19FN2O5S. The zero-order valence-electron chi connectivity index (χ0n) is 15.9. The second kappa shape index (κ2) is 7.49. The van der Waals surface area contributed by atoms with E-state index in [1.165, 1.54) is 36.7 Å². The minimum absolute atomic E-state index is 0.0302. The fraction of sp³-hybridized carbons (Fsp3) is 0.250. The van der Waals surface area contributed by atoms with Gasteiger partial charge in [-0.3, -0.25) is 0 Å². The number of benzene rings is 2. The van der Waals surface area contributed by atoms with Crippen molar-refractivity contribution in [2.75, 3.05) is 20.8 Å². The first-order chi connectivity index (χ1) is 13.9. The van der Waals surface area contributed by atoms with E-state index in [9.17, 15) is 12.8 Å². The molecule has 3 aromatic rings. The molecule has 152 valence electrons. The number of fused-ring (bicyclic) bond motifs is 1. The second-order valence-corrected chi connectivity index (χ2v) is 8.46. The van der Waals surface area contributed by atoms with E-state index in [2.05, 4.69) is 5.16 Å². The Hall–Kier alpha value is -2.91. The third-order valence-corrected chi connectivity index (χ3v) is 6.76. The Labute approximate surface area is 167 Å². The summed E-state index contributed by atoms with van der Waals surface area (Å²) in [7, 11) is -0.977. The first kappa shape index (κ1) is 19.4. The summed E-state index contributed by atoms with van der Waals surface area (Å²) in [5.41, 5.74) is 2.01. The third kappa shape index (κ3) is 3.47. The minimum Gasteiger partial charge on any atom is -0.497 e. The Morgan fingerprint density at radius 1 is 1.10 bits per heavy atom. The molecule has 4 rings (SSSR count). The van der Waals surface area contributed by atoms with E-state index in [0.29, 0.717) is 34.8 Å². The van der Waals surface area contributed by atoms with Crippen molar-refractivity contribution >= 4 is 10.0 Å². The van der Waals surface area contributed by atoms with Gasteiger partial charge in [0.25, 0.3) is 0 Å². The van der Waals surface area contributed by atoms with Gasteiger partial charge < -0.3 is 14.0 Å². The Bertz CT molecular complexity index is 1140. The van der Waals surface area contributed by atoms with Crippen molar-refractivity contribution in [2.24, 2.45) is 0 Å². The molecule has 0 unspecified atom stereocenters. The van der Waals surface area contributed by atoms with Gasteiger partial charge in [-0.15, -0.1) is 0 Å². The molecule has 0 fully saturated rings. The summed E-state index contributed by atoms with van der Waals surface area (Å²) in [5, 5.41) is 4.07. The number of methoxy groups -OCH3 is 2. The highest BCUT2D eigenvalue weighted by Gasteiger charge is 2.34. The summed E-state index contributed by atoms with van der Waals surface area (Å²) in [6.45, 7) is 0.347. The molecule has 0 aliphatic carbocycles.